The third-order valence-electron chi connectivity index (χ3n) is 4.27. The van der Waals surface area contributed by atoms with Crippen LogP contribution in [0.1, 0.15) is 36.8 Å². The number of halogens is 3. The van der Waals surface area contributed by atoms with Crippen molar-refractivity contribution in [3.05, 3.63) is 68.2 Å². The van der Waals surface area contributed by atoms with Crippen molar-refractivity contribution in [3.8, 4) is 11.4 Å². The highest BCUT2D eigenvalue weighted by Gasteiger charge is 2.23. The second-order valence-electron chi connectivity index (χ2n) is 7.47. The molecule has 2 aromatic carbocycles. The molecule has 152 valence electrons. The zero-order valence-corrected chi connectivity index (χ0v) is 19.5. The highest BCUT2D eigenvalue weighted by Crippen LogP contribution is 2.31. The molecule has 5 nitrogen and oxygen atoms in total. The molecule has 0 spiro atoms. The zero-order valence-electron chi connectivity index (χ0n) is 16.4. The predicted molar refractivity (Wildman–Crippen MR) is 121 cm³/mol. The van der Waals surface area contributed by atoms with Gasteiger partial charge >= 0.3 is 0 Å². The van der Waals surface area contributed by atoms with Gasteiger partial charge in [-0.15, -0.1) is 0 Å². The van der Waals surface area contributed by atoms with Crippen molar-refractivity contribution in [2.24, 2.45) is 0 Å². The zero-order chi connectivity index (χ0) is 21.3. The Morgan fingerprint density at radius 3 is 2.52 bits per heavy atom. The fourth-order valence-electron chi connectivity index (χ4n) is 2.66. The number of carbonyl (C=O) groups excluding carboxylic acids is 1. The molecule has 1 N–H and O–H groups in total. The number of rotatable bonds is 4. The van der Waals surface area contributed by atoms with Gasteiger partial charge in [0.05, 0.1) is 29.1 Å². The Bertz CT molecular complexity index is 1070. The lowest BCUT2D eigenvalue weighted by molar-refractivity contribution is 0.102. The van der Waals surface area contributed by atoms with Crippen LogP contribution in [0, 0.1) is 0 Å². The lowest BCUT2D eigenvalue weighted by atomic mass is 9.92. The van der Waals surface area contributed by atoms with Crippen molar-refractivity contribution in [1.29, 1.82) is 0 Å². The summed E-state index contributed by atoms with van der Waals surface area (Å²) in [6.45, 7) is 6.14. The molecular weight excluding hydrogens is 477 g/mol. The van der Waals surface area contributed by atoms with E-state index < -0.39 is 0 Å². The normalized spacial score (nSPS) is 11.4. The monoisotopic (exact) mass is 495 g/mol. The molecule has 0 atom stereocenters. The minimum Gasteiger partial charge on any atom is -0.497 e. The molecule has 1 amide bonds. The van der Waals surface area contributed by atoms with Gasteiger partial charge in [-0.05, 0) is 52.3 Å². The first-order chi connectivity index (χ1) is 13.6. The van der Waals surface area contributed by atoms with E-state index >= 15 is 0 Å². The average Bonchev–Trinajstić information content (AvgIpc) is 3.08. The van der Waals surface area contributed by atoms with E-state index in [0.717, 1.165) is 5.69 Å². The number of ether oxygens (including phenoxy) is 1. The first-order valence-electron chi connectivity index (χ1n) is 8.81. The van der Waals surface area contributed by atoms with Gasteiger partial charge in [0.15, 0.2) is 0 Å². The van der Waals surface area contributed by atoms with Crippen molar-refractivity contribution < 1.29 is 9.53 Å². The van der Waals surface area contributed by atoms with Gasteiger partial charge in [0.2, 0.25) is 0 Å². The standard InChI is InChI=1S/C21H20BrCl2N3O2/c1-21(2,3)18-11-19(27(26-18)17-9-12(23)5-8-16(17)24)25-20(28)14-10-13(29-4)6-7-15(14)22/h5-11H,1-4H3,(H,25,28). The van der Waals surface area contributed by atoms with Crippen LogP contribution in [0.2, 0.25) is 10.0 Å². The van der Waals surface area contributed by atoms with Gasteiger partial charge < -0.3 is 10.1 Å². The summed E-state index contributed by atoms with van der Waals surface area (Å²) in [6, 6.07) is 12.1. The van der Waals surface area contributed by atoms with Crippen LogP contribution in [0.5, 0.6) is 5.75 Å². The van der Waals surface area contributed by atoms with E-state index in [9.17, 15) is 4.79 Å². The summed E-state index contributed by atoms with van der Waals surface area (Å²) in [4.78, 5) is 13.0. The van der Waals surface area contributed by atoms with Crippen LogP contribution in [0.3, 0.4) is 0 Å². The van der Waals surface area contributed by atoms with E-state index in [0.29, 0.717) is 37.3 Å². The first-order valence-corrected chi connectivity index (χ1v) is 10.4. The summed E-state index contributed by atoms with van der Waals surface area (Å²) in [5.41, 5.74) is 1.58. The molecule has 0 aliphatic carbocycles. The van der Waals surface area contributed by atoms with Crippen LogP contribution in [-0.4, -0.2) is 22.8 Å². The Labute approximate surface area is 188 Å². The molecule has 0 unspecified atom stereocenters. The molecule has 0 fully saturated rings. The molecule has 0 saturated heterocycles. The van der Waals surface area contributed by atoms with Crippen LogP contribution in [0.25, 0.3) is 5.69 Å². The van der Waals surface area contributed by atoms with Crippen molar-refractivity contribution in [2.75, 3.05) is 12.4 Å². The van der Waals surface area contributed by atoms with E-state index in [4.69, 9.17) is 27.9 Å². The van der Waals surface area contributed by atoms with Crippen LogP contribution < -0.4 is 10.1 Å². The Morgan fingerprint density at radius 2 is 1.86 bits per heavy atom. The van der Waals surface area contributed by atoms with Gasteiger partial charge in [0.25, 0.3) is 5.91 Å². The van der Waals surface area contributed by atoms with Crippen molar-refractivity contribution in [1.82, 2.24) is 9.78 Å². The highest BCUT2D eigenvalue weighted by molar-refractivity contribution is 9.10. The molecular formula is C21H20BrCl2N3O2. The molecule has 0 bridgehead atoms. The Hall–Kier alpha value is -2.02. The quantitative estimate of drug-likeness (QED) is 0.448. The molecule has 0 aliphatic rings. The van der Waals surface area contributed by atoms with E-state index in [1.807, 2.05) is 26.8 Å². The number of methoxy groups -OCH3 is 1. The number of nitrogens with one attached hydrogen (secondary N) is 1. The van der Waals surface area contributed by atoms with E-state index in [2.05, 4.69) is 26.3 Å². The average molecular weight is 497 g/mol. The summed E-state index contributed by atoms with van der Waals surface area (Å²) in [6.07, 6.45) is 0. The predicted octanol–water partition coefficient (Wildman–Crippen LogP) is 6.50. The fraction of sp³-hybridized carbons (Fsp3) is 0.238. The van der Waals surface area contributed by atoms with E-state index in [1.165, 1.54) is 0 Å². The van der Waals surface area contributed by atoms with Gasteiger partial charge in [-0.3, -0.25) is 4.79 Å². The number of benzene rings is 2. The van der Waals surface area contributed by atoms with Gasteiger partial charge in [-0.25, -0.2) is 4.68 Å². The Balaban J connectivity index is 2.08. The van der Waals surface area contributed by atoms with E-state index in [-0.39, 0.29) is 11.3 Å². The van der Waals surface area contributed by atoms with Crippen molar-refractivity contribution >= 4 is 50.9 Å². The molecule has 3 aromatic rings. The topological polar surface area (TPSA) is 56.1 Å². The maximum atomic E-state index is 13.0. The number of carbonyl (C=O) groups is 1. The molecule has 0 aliphatic heterocycles. The largest absolute Gasteiger partial charge is 0.497 e. The van der Waals surface area contributed by atoms with Crippen LogP contribution in [0.4, 0.5) is 5.82 Å². The van der Waals surface area contributed by atoms with Crippen LogP contribution >= 0.6 is 39.1 Å². The van der Waals surface area contributed by atoms with Crippen molar-refractivity contribution in [2.45, 2.75) is 26.2 Å². The fourth-order valence-corrected chi connectivity index (χ4v) is 3.45. The Kier molecular flexibility index (Phi) is 6.27. The van der Waals surface area contributed by atoms with Crippen molar-refractivity contribution in [3.63, 3.8) is 0 Å². The minimum atomic E-state index is -0.310. The molecule has 1 heterocycles. The summed E-state index contributed by atoms with van der Waals surface area (Å²) in [7, 11) is 1.55. The molecule has 1 aromatic heterocycles. The SMILES string of the molecule is COc1ccc(Br)c(C(=O)Nc2cc(C(C)(C)C)nn2-c2cc(Cl)ccc2Cl)c1. The molecule has 0 saturated carbocycles. The van der Waals surface area contributed by atoms with Crippen LogP contribution in [0.15, 0.2) is 46.9 Å². The number of anilines is 1. The highest BCUT2D eigenvalue weighted by atomic mass is 79.9. The maximum Gasteiger partial charge on any atom is 0.258 e. The van der Waals surface area contributed by atoms with Gasteiger partial charge in [0, 0.05) is 21.0 Å². The molecule has 8 heteroatoms. The smallest absolute Gasteiger partial charge is 0.258 e. The lowest BCUT2D eigenvalue weighted by Gasteiger charge is -2.14. The number of amides is 1. The van der Waals surface area contributed by atoms with Gasteiger partial charge in [-0.1, -0.05) is 44.0 Å². The maximum absolute atomic E-state index is 13.0. The van der Waals surface area contributed by atoms with Crippen LogP contribution in [-0.2, 0) is 5.41 Å². The number of aromatic nitrogens is 2. The third kappa shape index (κ3) is 4.77. The molecule has 29 heavy (non-hydrogen) atoms. The molecule has 3 rings (SSSR count). The number of nitrogens with zero attached hydrogens (tertiary/aromatic N) is 2. The number of hydrogen-bond acceptors (Lipinski definition) is 3. The summed E-state index contributed by atoms with van der Waals surface area (Å²) >= 11 is 16.0. The lowest BCUT2D eigenvalue weighted by Crippen LogP contribution is -2.16. The second-order valence-corrected chi connectivity index (χ2v) is 9.17. The summed E-state index contributed by atoms with van der Waals surface area (Å²) < 4.78 is 7.48. The Morgan fingerprint density at radius 1 is 1.14 bits per heavy atom. The van der Waals surface area contributed by atoms with Gasteiger partial charge in [0.1, 0.15) is 11.6 Å². The van der Waals surface area contributed by atoms with E-state index in [1.54, 1.807) is 48.2 Å². The third-order valence-corrected chi connectivity index (χ3v) is 5.52. The summed E-state index contributed by atoms with van der Waals surface area (Å²) in [5, 5.41) is 8.60. The number of hydrogen-bond donors (Lipinski definition) is 1. The first kappa shape index (κ1) is 21.7. The minimum absolute atomic E-state index is 0.230. The van der Waals surface area contributed by atoms with Gasteiger partial charge in [-0.2, -0.15) is 5.10 Å². The summed E-state index contributed by atoms with van der Waals surface area (Å²) in [5.74, 6) is 0.759. The molecule has 0 radical (unpaired) electrons. The second kappa shape index (κ2) is 8.38.